The Kier molecular flexibility index (Phi) is 8.52. The van der Waals surface area contributed by atoms with Gasteiger partial charge in [-0.3, -0.25) is 14.4 Å². The highest BCUT2D eigenvalue weighted by Gasteiger charge is 2.40. The van der Waals surface area contributed by atoms with E-state index >= 15 is 0 Å². The monoisotopic (exact) mass is 554 g/mol. The van der Waals surface area contributed by atoms with Crippen LogP contribution in [0.4, 0.5) is 5.13 Å². The third-order valence-electron chi connectivity index (χ3n) is 6.19. The van der Waals surface area contributed by atoms with Crippen molar-refractivity contribution < 1.29 is 23.9 Å². The molecule has 3 heterocycles. The Morgan fingerprint density at radius 2 is 1.86 bits per heavy atom. The number of hydrogen-bond acceptors (Lipinski definition) is 7. The maximum absolute atomic E-state index is 13.0. The Bertz CT molecular complexity index is 1130. The second kappa shape index (κ2) is 11.4. The molecule has 0 aliphatic carbocycles. The minimum atomic E-state index is -0.528. The van der Waals surface area contributed by atoms with Gasteiger partial charge >= 0.3 is 0 Å². The molecular formula is C24H28Cl2N4O5S. The molecule has 4 rings (SSSR count). The second-order valence-electron chi connectivity index (χ2n) is 9.01. The van der Waals surface area contributed by atoms with Gasteiger partial charge in [0.25, 0.3) is 5.91 Å². The number of rotatable bonds is 7. The maximum atomic E-state index is 13.0. The number of carbonyl (C=O) groups is 3. The molecule has 2 fully saturated rings. The number of nitrogens with zero attached hydrogens (tertiary/aromatic N) is 3. The molecular weight excluding hydrogens is 527 g/mol. The lowest BCUT2D eigenvalue weighted by Crippen LogP contribution is -2.47. The zero-order chi connectivity index (χ0) is 25.9. The van der Waals surface area contributed by atoms with Gasteiger partial charge in [-0.2, -0.15) is 0 Å². The number of thiazole rings is 1. The van der Waals surface area contributed by atoms with Crippen LogP contribution in [0.5, 0.6) is 0 Å². The molecule has 36 heavy (non-hydrogen) atoms. The van der Waals surface area contributed by atoms with Crippen LogP contribution in [0.15, 0.2) is 23.6 Å². The SMILES string of the molecule is CC(C)N(CC(=O)Nc1nc(CC(=O)N2CCC3(CC2)OCCO3)cs1)C(=O)c1ccc(Cl)c(Cl)c1. The van der Waals surface area contributed by atoms with E-state index in [-0.39, 0.29) is 41.8 Å². The number of nitrogens with one attached hydrogen (secondary N) is 1. The predicted octanol–water partition coefficient (Wildman–Crippen LogP) is 3.85. The molecule has 2 aromatic rings. The van der Waals surface area contributed by atoms with Crippen molar-refractivity contribution >= 4 is 57.4 Å². The fourth-order valence-corrected chi connectivity index (χ4v) is 5.22. The largest absolute Gasteiger partial charge is 0.347 e. The van der Waals surface area contributed by atoms with E-state index in [4.69, 9.17) is 32.7 Å². The molecule has 0 unspecified atom stereocenters. The van der Waals surface area contributed by atoms with Crippen LogP contribution in [0, 0.1) is 0 Å². The van der Waals surface area contributed by atoms with Gasteiger partial charge in [0.15, 0.2) is 10.9 Å². The van der Waals surface area contributed by atoms with Gasteiger partial charge in [0.1, 0.15) is 6.54 Å². The molecule has 0 atom stereocenters. The Balaban J connectivity index is 1.30. The molecule has 0 bridgehead atoms. The molecule has 2 aliphatic heterocycles. The number of benzene rings is 1. The molecule has 194 valence electrons. The maximum Gasteiger partial charge on any atom is 0.254 e. The summed E-state index contributed by atoms with van der Waals surface area (Å²) in [5, 5.41) is 5.47. The van der Waals surface area contributed by atoms with Gasteiger partial charge in [-0.25, -0.2) is 4.98 Å². The van der Waals surface area contributed by atoms with Crippen molar-refractivity contribution in [3.63, 3.8) is 0 Å². The smallest absolute Gasteiger partial charge is 0.254 e. The van der Waals surface area contributed by atoms with Crippen molar-refractivity contribution in [2.45, 2.75) is 44.9 Å². The van der Waals surface area contributed by atoms with Crippen molar-refractivity contribution in [2.75, 3.05) is 38.2 Å². The predicted molar refractivity (Wildman–Crippen MR) is 138 cm³/mol. The number of carbonyl (C=O) groups excluding carboxylic acids is 3. The minimum absolute atomic E-state index is 0.0239. The van der Waals surface area contributed by atoms with Gasteiger partial charge in [0.2, 0.25) is 11.8 Å². The summed E-state index contributed by atoms with van der Waals surface area (Å²) in [6.07, 6.45) is 1.46. The average molecular weight is 555 g/mol. The van der Waals surface area contributed by atoms with E-state index in [1.807, 2.05) is 13.8 Å². The summed E-state index contributed by atoms with van der Waals surface area (Å²) >= 11 is 13.2. The average Bonchev–Trinajstić information content (AvgIpc) is 3.48. The first-order valence-corrected chi connectivity index (χ1v) is 13.4. The summed E-state index contributed by atoms with van der Waals surface area (Å²) < 4.78 is 11.4. The Labute approximate surface area is 223 Å². The third-order valence-corrected chi connectivity index (χ3v) is 7.73. The van der Waals surface area contributed by atoms with Gasteiger partial charge in [0.05, 0.1) is 35.4 Å². The zero-order valence-electron chi connectivity index (χ0n) is 20.1. The fourth-order valence-electron chi connectivity index (χ4n) is 4.19. The van der Waals surface area contributed by atoms with Crippen molar-refractivity contribution in [3.8, 4) is 0 Å². The van der Waals surface area contributed by atoms with Crippen molar-refractivity contribution in [1.29, 1.82) is 0 Å². The Morgan fingerprint density at radius 3 is 2.50 bits per heavy atom. The van der Waals surface area contributed by atoms with Crippen LogP contribution in [-0.4, -0.2) is 77.2 Å². The summed E-state index contributed by atoms with van der Waals surface area (Å²) in [7, 11) is 0. The first-order valence-electron chi connectivity index (χ1n) is 11.7. The van der Waals surface area contributed by atoms with E-state index in [0.717, 1.165) is 0 Å². The summed E-state index contributed by atoms with van der Waals surface area (Å²) in [4.78, 5) is 46.0. The molecule has 1 spiro atoms. The van der Waals surface area contributed by atoms with E-state index in [0.29, 0.717) is 60.6 Å². The molecule has 2 aliphatic rings. The normalized spacial score (nSPS) is 17.0. The number of amides is 3. The molecule has 2 saturated heterocycles. The van der Waals surface area contributed by atoms with Gasteiger partial charge in [0, 0.05) is 42.9 Å². The lowest BCUT2D eigenvalue weighted by molar-refractivity contribution is -0.187. The highest BCUT2D eigenvalue weighted by atomic mass is 35.5. The van der Waals surface area contributed by atoms with Crippen LogP contribution in [-0.2, 0) is 25.5 Å². The van der Waals surface area contributed by atoms with Crippen LogP contribution in [0.25, 0.3) is 0 Å². The van der Waals surface area contributed by atoms with Crippen molar-refractivity contribution in [3.05, 3.63) is 44.9 Å². The molecule has 12 heteroatoms. The fraction of sp³-hybridized carbons (Fsp3) is 0.500. The molecule has 1 aromatic carbocycles. The molecule has 1 N–H and O–H groups in total. The van der Waals surface area contributed by atoms with Crippen LogP contribution in [0.2, 0.25) is 10.0 Å². The number of likely N-dealkylation sites (tertiary alicyclic amines) is 1. The Hall–Kier alpha value is -2.24. The topological polar surface area (TPSA) is 101 Å². The van der Waals surface area contributed by atoms with Crippen LogP contribution >= 0.6 is 34.5 Å². The van der Waals surface area contributed by atoms with E-state index in [2.05, 4.69) is 10.3 Å². The number of halogens is 2. The van der Waals surface area contributed by atoms with E-state index < -0.39 is 5.79 Å². The summed E-state index contributed by atoms with van der Waals surface area (Å²) in [6.45, 7) is 5.82. The highest BCUT2D eigenvalue weighted by Crippen LogP contribution is 2.31. The number of ether oxygens (including phenoxy) is 2. The highest BCUT2D eigenvalue weighted by molar-refractivity contribution is 7.13. The third kappa shape index (κ3) is 6.36. The quantitative estimate of drug-likeness (QED) is 0.557. The minimum Gasteiger partial charge on any atom is -0.347 e. The van der Waals surface area contributed by atoms with E-state index in [9.17, 15) is 14.4 Å². The lowest BCUT2D eigenvalue weighted by Gasteiger charge is -2.37. The summed E-state index contributed by atoms with van der Waals surface area (Å²) in [5.74, 6) is -1.27. The molecule has 0 saturated carbocycles. The van der Waals surface area contributed by atoms with Crippen molar-refractivity contribution in [2.24, 2.45) is 0 Å². The van der Waals surface area contributed by atoms with Crippen LogP contribution in [0.3, 0.4) is 0 Å². The summed E-state index contributed by atoms with van der Waals surface area (Å²) in [6, 6.07) is 4.38. The molecule has 0 radical (unpaired) electrons. The first-order chi connectivity index (χ1) is 17.2. The number of hydrogen-bond donors (Lipinski definition) is 1. The van der Waals surface area contributed by atoms with E-state index in [1.54, 1.807) is 22.4 Å². The number of anilines is 1. The van der Waals surface area contributed by atoms with Gasteiger partial charge in [-0.05, 0) is 32.0 Å². The molecule has 9 nitrogen and oxygen atoms in total. The van der Waals surface area contributed by atoms with Crippen LogP contribution in [0.1, 0.15) is 42.7 Å². The second-order valence-corrected chi connectivity index (χ2v) is 10.7. The summed E-state index contributed by atoms with van der Waals surface area (Å²) in [5.41, 5.74) is 0.928. The van der Waals surface area contributed by atoms with Gasteiger partial charge in [-0.15, -0.1) is 11.3 Å². The standard InChI is InChI=1S/C24H28Cl2N4O5S/c1-15(2)30(22(33)16-3-4-18(25)19(26)11-16)13-20(31)28-23-27-17(14-36-23)12-21(32)29-7-5-24(6-8-29)34-9-10-35-24/h3-4,11,14-15H,5-10,12-13H2,1-2H3,(H,27,28,31). The number of aromatic nitrogens is 1. The zero-order valence-corrected chi connectivity index (χ0v) is 22.4. The molecule has 3 amide bonds. The van der Waals surface area contributed by atoms with Gasteiger partial charge < -0.3 is 24.6 Å². The number of piperidine rings is 1. The Morgan fingerprint density at radius 1 is 1.17 bits per heavy atom. The first kappa shape index (κ1) is 26.8. The van der Waals surface area contributed by atoms with Gasteiger partial charge in [-0.1, -0.05) is 23.2 Å². The van der Waals surface area contributed by atoms with Crippen LogP contribution < -0.4 is 5.32 Å². The van der Waals surface area contributed by atoms with E-state index in [1.165, 1.54) is 22.3 Å². The lowest BCUT2D eigenvalue weighted by atomic mass is 10.0. The van der Waals surface area contributed by atoms with Crippen molar-refractivity contribution in [1.82, 2.24) is 14.8 Å². The molecule has 1 aromatic heterocycles.